The summed E-state index contributed by atoms with van der Waals surface area (Å²) in [5, 5.41) is 0.238. The molecule has 5 nitrogen and oxygen atoms in total. The molecule has 3 aromatic rings. The third-order valence-electron chi connectivity index (χ3n) is 4.32. The molecule has 1 saturated heterocycles. The van der Waals surface area contributed by atoms with Crippen LogP contribution in [0, 0.1) is 5.82 Å². The molecular formula is C18H14FN3O2. The van der Waals surface area contributed by atoms with Gasteiger partial charge in [-0.2, -0.15) is 0 Å². The van der Waals surface area contributed by atoms with Crippen molar-refractivity contribution in [2.24, 2.45) is 0 Å². The van der Waals surface area contributed by atoms with Crippen molar-refractivity contribution in [2.45, 2.75) is 5.92 Å². The van der Waals surface area contributed by atoms with E-state index in [1.54, 1.807) is 11.1 Å². The lowest BCUT2D eigenvalue weighted by molar-refractivity contribution is 0.0593. The SMILES string of the molecule is O=C(c1cc(=O)c2cccc(F)c2[nH]1)N1CC(c2ccccn2)C1. The number of fused-ring (bicyclic) bond motifs is 1. The summed E-state index contributed by atoms with van der Waals surface area (Å²) in [6.45, 7) is 1.07. The van der Waals surface area contributed by atoms with E-state index in [1.807, 2.05) is 18.2 Å². The first-order chi connectivity index (χ1) is 11.6. The highest BCUT2D eigenvalue weighted by Crippen LogP contribution is 2.26. The van der Waals surface area contributed by atoms with Gasteiger partial charge in [-0.15, -0.1) is 0 Å². The van der Waals surface area contributed by atoms with Gasteiger partial charge >= 0.3 is 0 Å². The highest BCUT2D eigenvalue weighted by molar-refractivity contribution is 5.95. The molecule has 120 valence electrons. The van der Waals surface area contributed by atoms with Crippen molar-refractivity contribution >= 4 is 16.8 Å². The summed E-state index contributed by atoms with van der Waals surface area (Å²) < 4.78 is 13.9. The van der Waals surface area contributed by atoms with E-state index in [-0.39, 0.29) is 33.9 Å². The summed E-state index contributed by atoms with van der Waals surface area (Å²) in [6.07, 6.45) is 1.73. The topological polar surface area (TPSA) is 66.1 Å². The Hall–Kier alpha value is -3.02. The van der Waals surface area contributed by atoms with Crippen LogP contribution in [0.1, 0.15) is 22.1 Å². The third kappa shape index (κ3) is 2.36. The van der Waals surface area contributed by atoms with E-state index in [0.29, 0.717) is 13.1 Å². The van der Waals surface area contributed by atoms with Gasteiger partial charge in [0, 0.05) is 42.4 Å². The first-order valence-electron chi connectivity index (χ1n) is 7.65. The van der Waals surface area contributed by atoms with E-state index in [1.165, 1.54) is 24.3 Å². The summed E-state index contributed by atoms with van der Waals surface area (Å²) in [7, 11) is 0. The Labute approximate surface area is 136 Å². The molecule has 4 rings (SSSR count). The Bertz CT molecular complexity index is 978. The molecule has 0 atom stereocenters. The van der Waals surface area contributed by atoms with E-state index in [9.17, 15) is 14.0 Å². The average Bonchev–Trinajstić information content (AvgIpc) is 2.55. The number of amides is 1. The maximum absolute atomic E-state index is 13.9. The van der Waals surface area contributed by atoms with Gasteiger partial charge in [0.05, 0.1) is 5.52 Å². The van der Waals surface area contributed by atoms with Crippen LogP contribution in [0.4, 0.5) is 4.39 Å². The van der Waals surface area contributed by atoms with Crippen molar-refractivity contribution in [1.29, 1.82) is 0 Å². The molecule has 0 bridgehead atoms. The van der Waals surface area contributed by atoms with Gasteiger partial charge in [-0.25, -0.2) is 4.39 Å². The van der Waals surface area contributed by atoms with Crippen LogP contribution in [-0.4, -0.2) is 33.9 Å². The first-order valence-corrected chi connectivity index (χ1v) is 7.65. The number of rotatable bonds is 2. The normalized spacial score (nSPS) is 14.6. The van der Waals surface area contributed by atoms with Crippen molar-refractivity contribution in [3.8, 4) is 0 Å². The summed E-state index contributed by atoms with van der Waals surface area (Å²) in [6, 6.07) is 11.2. The molecule has 1 aromatic carbocycles. The Balaban J connectivity index is 1.59. The van der Waals surface area contributed by atoms with Crippen LogP contribution < -0.4 is 5.43 Å². The standard InChI is InChI=1S/C18H14FN3O2/c19-13-5-3-4-12-16(23)8-15(21-17(12)13)18(24)22-9-11(10-22)14-6-1-2-7-20-14/h1-8,11H,9-10H2,(H,21,23). The van der Waals surface area contributed by atoms with Gasteiger partial charge in [0.2, 0.25) is 0 Å². The molecule has 1 N–H and O–H groups in total. The molecule has 1 aliphatic heterocycles. The summed E-state index contributed by atoms with van der Waals surface area (Å²) in [5.41, 5.74) is 0.750. The second kappa shape index (κ2) is 5.56. The number of nitrogens with zero attached hydrogens (tertiary/aromatic N) is 2. The number of hydrogen-bond donors (Lipinski definition) is 1. The van der Waals surface area contributed by atoms with Crippen LogP contribution in [0.3, 0.4) is 0 Å². The second-order valence-corrected chi connectivity index (χ2v) is 5.87. The third-order valence-corrected chi connectivity index (χ3v) is 4.32. The zero-order chi connectivity index (χ0) is 16.7. The van der Waals surface area contributed by atoms with Crippen molar-refractivity contribution in [2.75, 3.05) is 13.1 Å². The summed E-state index contributed by atoms with van der Waals surface area (Å²) in [5.74, 6) is -0.655. The lowest BCUT2D eigenvalue weighted by Crippen LogP contribution is -2.49. The number of carbonyl (C=O) groups is 1. The average molecular weight is 323 g/mol. The minimum atomic E-state index is -0.547. The fourth-order valence-electron chi connectivity index (χ4n) is 2.97. The number of pyridine rings is 2. The minimum Gasteiger partial charge on any atom is -0.348 e. The highest BCUT2D eigenvalue weighted by atomic mass is 19.1. The van der Waals surface area contributed by atoms with Gasteiger partial charge in [0.1, 0.15) is 11.5 Å². The van der Waals surface area contributed by atoms with Gasteiger partial charge < -0.3 is 9.88 Å². The van der Waals surface area contributed by atoms with E-state index < -0.39 is 5.82 Å². The molecule has 0 saturated carbocycles. The van der Waals surface area contributed by atoms with Gasteiger partial charge in [-0.3, -0.25) is 14.6 Å². The lowest BCUT2D eigenvalue weighted by atomic mass is 9.95. The van der Waals surface area contributed by atoms with Crippen LogP contribution in [-0.2, 0) is 0 Å². The number of H-pyrrole nitrogens is 1. The molecule has 0 aliphatic carbocycles. The maximum atomic E-state index is 13.9. The largest absolute Gasteiger partial charge is 0.348 e. The fraction of sp³-hybridized carbons (Fsp3) is 0.167. The van der Waals surface area contributed by atoms with Crippen molar-refractivity contribution in [3.05, 3.63) is 76.1 Å². The van der Waals surface area contributed by atoms with Crippen molar-refractivity contribution < 1.29 is 9.18 Å². The quantitative estimate of drug-likeness (QED) is 0.787. The molecule has 3 heterocycles. The van der Waals surface area contributed by atoms with Gasteiger partial charge in [-0.1, -0.05) is 12.1 Å². The molecule has 0 unspecified atom stereocenters. The van der Waals surface area contributed by atoms with Gasteiger partial charge in [0.25, 0.3) is 5.91 Å². The number of para-hydroxylation sites is 1. The molecular weight excluding hydrogens is 309 g/mol. The number of nitrogens with one attached hydrogen (secondary N) is 1. The predicted octanol–water partition coefficient (Wildman–Crippen LogP) is 2.30. The first kappa shape index (κ1) is 14.6. The number of aromatic nitrogens is 2. The summed E-state index contributed by atoms with van der Waals surface area (Å²) in [4.78, 5) is 33.3. The monoisotopic (exact) mass is 323 g/mol. The minimum absolute atomic E-state index is 0.0650. The molecule has 24 heavy (non-hydrogen) atoms. The van der Waals surface area contributed by atoms with Crippen LogP contribution in [0.2, 0.25) is 0 Å². The Morgan fingerprint density at radius 2 is 2.04 bits per heavy atom. The number of carbonyl (C=O) groups excluding carboxylic acids is 1. The van der Waals surface area contributed by atoms with E-state index >= 15 is 0 Å². The van der Waals surface area contributed by atoms with E-state index in [0.717, 1.165) is 5.69 Å². The van der Waals surface area contributed by atoms with Gasteiger partial charge in [-0.05, 0) is 24.3 Å². The number of halogens is 1. The van der Waals surface area contributed by atoms with Crippen LogP contribution in [0.25, 0.3) is 10.9 Å². The Kier molecular flexibility index (Phi) is 3.37. The predicted molar refractivity (Wildman–Crippen MR) is 87.4 cm³/mol. The summed E-state index contributed by atoms with van der Waals surface area (Å²) >= 11 is 0. The molecule has 1 amide bonds. The smallest absolute Gasteiger partial charge is 0.270 e. The van der Waals surface area contributed by atoms with Crippen LogP contribution >= 0.6 is 0 Å². The molecule has 1 fully saturated rings. The van der Waals surface area contributed by atoms with Crippen LogP contribution in [0.5, 0.6) is 0 Å². The highest BCUT2D eigenvalue weighted by Gasteiger charge is 2.33. The molecule has 1 aliphatic rings. The lowest BCUT2D eigenvalue weighted by Gasteiger charge is -2.38. The number of likely N-dealkylation sites (tertiary alicyclic amines) is 1. The fourth-order valence-corrected chi connectivity index (χ4v) is 2.97. The van der Waals surface area contributed by atoms with E-state index in [4.69, 9.17) is 0 Å². The number of benzene rings is 1. The van der Waals surface area contributed by atoms with E-state index in [2.05, 4.69) is 9.97 Å². The zero-order valence-electron chi connectivity index (χ0n) is 12.7. The number of hydrogen-bond acceptors (Lipinski definition) is 3. The molecule has 6 heteroatoms. The molecule has 0 spiro atoms. The molecule has 2 aromatic heterocycles. The molecule has 0 radical (unpaired) electrons. The van der Waals surface area contributed by atoms with Crippen molar-refractivity contribution in [3.63, 3.8) is 0 Å². The second-order valence-electron chi connectivity index (χ2n) is 5.87. The number of aromatic amines is 1. The Morgan fingerprint density at radius 1 is 1.21 bits per heavy atom. The maximum Gasteiger partial charge on any atom is 0.270 e. The van der Waals surface area contributed by atoms with Gasteiger partial charge in [0.15, 0.2) is 5.43 Å². The van der Waals surface area contributed by atoms with Crippen LogP contribution in [0.15, 0.2) is 53.5 Å². The zero-order valence-corrected chi connectivity index (χ0v) is 12.7. The van der Waals surface area contributed by atoms with Crippen molar-refractivity contribution in [1.82, 2.24) is 14.9 Å². The Morgan fingerprint density at radius 3 is 2.79 bits per heavy atom.